The number of pyridine rings is 1. The number of ether oxygens (including phenoxy) is 1. The summed E-state index contributed by atoms with van der Waals surface area (Å²) >= 11 is 0. The molecule has 0 N–H and O–H groups in total. The number of aryl methyl sites for hydroxylation is 2. The molecule has 0 unspecified atom stereocenters. The van der Waals surface area contributed by atoms with E-state index < -0.39 is 0 Å². The monoisotopic (exact) mass is 341 g/mol. The van der Waals surface area contributed by atoms with Crippen LogP contribution in [0.15, 0.2) is 23.5 Å². The summed E-state index contributed by atoms with van der Waals surface area (Å²) < 4.78 is 10.5. The topological polar surface area (TPSA) is 92.1 Å². The quantitative estimate of drug-likeness (QED) is 0.490. The first-order valence-corrected chi connectivity index (χ1v) is 8.40. The minimum Gasteiger partial charge on any atom is -0.382 e. The molecule has 0 saturated carbocycles. The summed E-state index contributed by atoms with van der Waals surface area (Å²) in [5, 5.41) is 9.98. The predicted octanol–water partition coefficient (Wildman–Crippen LogP) is 1.24. The average Bonchev–Trinajstić information content (AvgIpc) is 3.27. The molecule has 0 saturated heterocycles. The summed E-state index contributed by atoms with van der Waals surface area (Å²) in [6, 6.07) is 0. The Hall–Kier alpha value is -2.81. The van der Waals surface area contributed by atoms with Gasteiger partial charge >= 0.3 is 0 Å². The third kappa shape index (κ3) is 2.39. The number of nitrogens with zero attached hydrogens (tertiary/aromatic N) is 7. The van der Waals surface area contributed by atoms with Crippen LogP contribution in [0.25, 0.3) is 27.7 Å². The Morgan fingerprint density at radius 1 is 1.12 bits per heavy atom. The van der Waals surface area contributed by atoms with Crippen LogP contribution in [-0.2, 0) is 17.8 Å². The van der Waals surface area contributed by atoms with Crippen molar-refractivity contribution in [3.63, 3.8) is 0 Å². The van der Waals surface area contributed by atoms with Crippen molar-refractivity contribution in [2.24, 2.45) is 0 Å². The highest BCUT2D eigenvalue weighted by Crippen LogP contribution is 2.21. The molecule has 4 aromatic rings. The largest absolute Gasteiger partial charge is 0.382 e. The van der Waals surface area contributed by atoms with Crippen LogP contribution in [0.1, 0.15) is 20.3 Å². The van der Waals surface area contributed by atoms with Crippen molar-refractivity contribution in [2.75, 3.05) is 13.2 Å². The van der Waals surface area contributed by atoms with Gasteiger partial charge in [0.2, 0.25) is 5.78 Å². The third-order valence-corrected chi connectivity index (χ3v) is 4.27. The Bertz CT molecular complexity index is 1110. The van der Waals surface area contributed by atoms with E-state index in [1.165, 1.54) is 6.33 Å². The van der Waals surface area contributed by atoms with E-state index in [9.17, 15) is 4.79 Å². The van der Waals surface area contributed by atoms with Gasteiger partial charge in [0.25, 0.3) is 5.56 Å². The van der Waals surface area contributed by atoms with Gasteiger partial charge in [-0.2, -0.15) is 19.7 Å². The molecule has 0 amide bonds. The van der Waals surface area contributed by atoms with E-state index in [0.717, 1.165) is 17.5 Å². The van der Waals surface area contributed by atoms with Crippen LogP contribution in [0.4, 0.5) is 0 Å². The zero-order valence-electron chi connectivity index (χ0n) is 14.2. The van der Waals surface area contributed by atoms with E-state index in [4.69, 9.17) is 4.74 Å². The lowest BCUT2D eigenvalue weighted by Gasteiger charge is -2.10. The van der Waals surface area contributed by atoms with Crippen LogP contribution < -0.4 is 5.56 Å². The molecular formula is C16H19N7O2. The zero-order valence-corrected chi connectivity index (χ0v) is 14.2. The molecule has 4 rings (SSSR count). The van der Waals surface area contributed by atoms with Gasteiger partial charge in [-0.1, -0.05) is 0 Å². The first-order valence-electron chi connectivity index (χ1n) is 8.40. The SMILES string of the molecule is CCOCCCn1c(=O)c2cnc3c(cnn3CC)c2n2ncnc12. The number of fused-ring (bicyclic) bond motifs is 5. The van der Waals surface area contributed by atoms with E-state index in [2.05, 4.69) is 20.2 Å². The van der Waals surface area contributed by atoms with E-state index in [1.807, 2.05) is 13.8 Å². The van der Waals surface area contributed by atoms with Crippen molar-refractivity contribution in [3.8, 4) is 0 Å². The molecule has 4 heterocycles. The summed E-state index contributed by atoms with van der Waals surface area (Å²) in [4.78, 5) is 21.7. The van der Waals surface area contributed by atoms with Gasteiger partial charge in [-0.05, 0) is 20.3 Å². The van der Waals surface area contributed by atoms with Gasteiger partial charge in [-0.25, -0.2) is 9.67 Å². The highest BCUT2D eigenvalue weighted by atomic mass is 16.5. The molecule has 0 bridgehead atoms. The first-order chi connectivity index (χ1) is 12.3. The third-order valence-electron chi connectivity index (χ3n) is 4.27. The summed E-state index contributed by atoms with van der Waals surface area (Å²) in [5.74, 6) is 0.519. The number of hydrogen-bond donors (Lipinski definition) is 0. The molecule has 130 valence electrons. The van der Waals surface area contributed by atoms with E-state index in [1.54, 1.807) is 26.2 Å². The smallest absolute Gasteiger partial charge is 0.264 e. The maximum atomic E-state index is 13.0. The highest BCUT2D eigenvalue weighted by Gasteiger charge is 2.17. The van der Waals surface area contributed by atoms with Crippen LogP contribution in [-0.4, -0.2) is 47.1 Å². The number of aromatic nitrogens is 7. The molecule has 0 aliphatic rings. The van der Waals surface area contributed by atoms with Gasteiger partial charge < -0.3 is 4.74 Å². The minimum absolute atomic E-state index is 0.120. The second kappa shape index (κ2) is 6.25. The van der Waals surface area contributed by atoms with Crippen LogP contribution in [0, 0.1) is 0 Å². The number of hydrogen-bond acceptors (Lipinski definition) is 6. The van der Waals surface area contributed by atoms with E-state index >= 15 is 0 Å². The molecule has 9 nitrogen and oxygen atoms in total. The Balaban J connectivity index is 1.96. The zero-order chi connectivity index (χ0) is 17.4. The molecule has 0 atom stereocenters. The molecule has 0 aliphatic heterocycles. The Morgan fingerprint density at radius 3 is 2.80 bits per heavy atom. The Morgan fingerprint density at radius 2 is 2.00 bits per heavy atom. The Labute approximate surface area is 142 Å². The normalized spacial score (nSPS) is 11.9. The minimum atomic E-state index is -0.120. The Kier molecular flexibility index (Phi) is 3.92. The van der Waals surface area contributed by atoms with E-state index in [0.29, 0.717) is 43.0 Å². The van der Waals surface area contributed by atoms with Crippen molar-refractivity contribution in [1.29, 1.82) is 0 Å². The van der Waals surface area contributed by atoms with Crippen molar-refractivity contribution < 1.29 is 4.74 Å². The summed E-state index contributed by atoms with van der Waals surface area (Å²) in [6.07, 6.45) is 5.52. The van der Waals surface area contributed by atoms with Crippen molar-refractivity contribution in [1.82, 2.24) is 33.9 Å². The molecule has 0 radical (unpaired) electrons. The average molecular weight is 341 g/mol. The van der Waals surface area contributed by atoms with Crippen LogP contribution >= 0.6 is 0 Å². The van der Waals surface area contributed by atoms with Crippen molar-refractivity contribution in [2.45, 2.75) is 33.4 Å². The maximum Gasteiger partial charge on any atom is 0.264 e. The molecule has 4 aromatic heterocycles. The lowest BCUT2D eigenvalue weighted by molar-refractivity contribution is 0.141. The fourth-order valence-electron chi connectivity index (χ4n) is 3.11. The fraction of sp³-hybridized carbons (Fsp3) is 0.438. The predicted molar refractivity (Wildman–Crippen MR) is 92.6 cm³/mol. The lowest BCUT2D eigenvalue weighted by Crippen LogP contribution is -2.24. The van der Waals surface area contributed by atoms with Gasteiger partial charge in [0.05, 0.1) is 22.5 Å². The lowest BCUT2D eigenvalue weighted by atomic mass is 10.2. The molecule has 0 aromatic carbocycles. The second-order valence-electron chi connectivity index (χ2n) is 5.70. The van der Waals surface area contributed by atoms with Crippen molar-refractivity contribution >= 4 is 27.7 Å². The molecule has 25 heavy (non-hydrogen) atoms. The maximum absolute atomic E-state index is 13.0. The molecule has 9 heteroatoms. The van der Waals surface area contributed by atoms with Gasteiger partial charge in [-0.3, -0.25) is 9.36 Å². The fourth-order valence-corrected chi connectivity index (χ4v) is 3.11. The molecule has 0 spiro atoms. The molecule has 0 aliphatic carbocycles. The van der Waals surface area contributed by atoms with Crippen LogP contribution in [0.2, 0.25) is 0 Å². The number of rotatable bonds is 6. The van der Waals surface area contributed by atoms with Gasteiger partial charge in [0.15, 0.2) is 5.65 Å². The van der Waals surface area contributed by atoms with Gasteiger partial charge in [0, 0.05) is 32.5 Å². The molecular weight excluding hydrogens is 322 g/mol. The summed E-state index contributed by atoms with van der Waals surface area (Å²) in [5.41, 5.74) is 1.31. The standard InChI is InChI=1S/C16H19N7O2/c1-3-22-14-11(9-19-22)13-12(8-17-14)15(24)21(6-5-7-25-4-2)16-18-10-20-23(13)16/h8-10H,3-7H2,1-2H3. The van der Waals surface area contributed by atoms with E-state index in [-0.39, 0.29) is 5.56 Å². The molecule has 0 fully saturated rings. The summed E-state index contributed by atoms with van der Waals surface area (Å²) in [7, 11) is 0. The van der Waals surface area contributed by atoms with Gasteiger partial charge in [-0.15, -0.1) is 0 Å². The summed E-state index contributed by atoms with van der Waals surface area (Å²) in [6.45, 7) is 6.43. The van der Waals surface area contributed by atoms with Crippen LogP contribution in [0.3, 0.4) is 0 Å². The van der Waals surface area contributed by atoms with Crippen LogP contribution in [0.5, 0.6) is 0 Å². The van der Waals surface area contributed by atoms with Crippen molar-refractivity contribution in [3.05, 3.63) is 29.1 Å². The first kappa shape index (κ1) is 15.7. The highest BCUT2D eigenvalue weighted by molar-refractivity contribution is 6.02. The van der Waals surface area contributed by atoms with Gasteiger partial charge in [0.1, 0.15) is 6.33 Å². The second-order valence-corrected chi connectivity index (χ2v) is 5.70.